The summed E-state index contributed by atoms with van der Waals surface area (Å²) >= 11 is 0. The zero-order chi connectivity index (χ0) is 22.0. The van der Waals surface area contributed by atoms with Crippen molar-refractivity contribution in [3.8, 4) is 11.1 Å². The van der Waals surface area contributed by atoms with E-state index in [4.69, 9.17) is 9.97 Å². The second-order valence-corrected chi connectivity index (χ2v) is 9.66. The normalized spacial score (nSPS) is 19.6. The molecule has 0 atom stereocenters. The number of fused-ring (bicyclic) bond motifs is 4. The molecule has 1 spiro atoms. The van der Waals surface area contributed by atoms with Crippen molar-refractivity contribution < 1.29 is 4.79 Å². The number of carbonyl (C=O) groups excluding carboxylic acids is 1. The summed E-state index contributed by atoms with van der Waals surface area (Å²) in [4.78, 5) is 29.2. The molecule has 0 unspecified atom stereocenters. The van der Waals surface area contributed by atoms with Crippen LogP contribution >= 0.6 is 0 Å². The molecule has 1 aliphatic carbocycles. The van der Waals surface area contributed by atoms with E-state index in [1.165, 1.54) is 5.56 Å². The number of pyridine rings is 2. The molecule has 164 valence electrons. The van der Waals surface area contributed by atoms with Crippen molar-refractivity contribution in [3.63, 3.8) is 0 Å². The number of hydrogen-bond acceptors (Lipinski definition) is 5. The first kappa shape index (κ1) is 19.7. The van der Waals surface area contributed by atoms with Gasteiger partial charge in [-0.3, -0.25) is 9.78 Å². The minimum atomic E-state index is -0.340. The number of nitrogens with zero attached hydrogens (tertiary/aromatic N) is 5. The quantitative estimate of drug-likeness (QED) is 0.633. The third kappa shape index (κ3) is 2.65. The second kappa shape index (κ2) is 7.01. The highest BCUT2D eigenvalue weighted by molar-refractivity contribution is 6.13. The fourth-order valence-corrected chi connectivity index (χ4v) is 5.56. The van der Waals surface area contributed by atoms with Crippen LogP contribution in [0, 0.1) is 0 Å². The van der Waals surface area contributed by atoms with Crippen molar-refractivity contribution in [1.82, 2.24) is 14.9 Å². The summed E-state index contributed by atoms with van der Waals surface area (Å²) in [6.45, 7) is 4.79. The first-order valence-corrected chi connectivity index (χ1v) is 11.6. The Balaban J connectivity index is 1.37. The number of amides is 1. The molecule has 2 aromatic heterocycles. The number of aromatic nitrogens is 2. The molecule has 1 aromatic carbocycles. The Hall–Kier alpha value is -2.99. The lowest BCUT2D eigenvalue weighted by Gasteiger charge is -2.43. The SMILES string of the molecule is CCN1C(=O)C2(CCC2)c2c1cnc1ccc(-c3ccc(N4CC(N(C)C)C4)nc3)cc21. The van der Waals surface area contributed by atoms with Crippen LogP contribution in [0.15, 0.2) is 42.7 Å². The predicted octanol–water partition coefficient (Wildman–Crippen LogP) is 3.84. The molecule has 6 heteroatoms. The van der Waals surface area contributed by atoms with Gasteiger partial charge in [-0.05, 0) is 63.7 Å². The van der Waals surface area contributed by atoms with Crippen molar-refractivity contribution >= 4 is 28.3 Å². The number of carbonyl (C=O) groups is 1. The number of anilines is 2. The highest BCUT2D eigenvalue weighted by Crippen LogP contribution is 2.55. The van der Waals surface area contributed by atoms with Gasteiger partial charge in [0, 0.05) is 48.4 Å². The molecule has 1 amide bonds. The summed E-state index contributed by atoms with van der Waals surface area (Å²) in [5, 5.41) is 1.12. The summed E-state index contributed by atoms with van der Waals surface area (Å²) in [5.74, 6) is 1.30. The summed E-state index contributed by atoms with van der Waals surface area (Å²) in [6, 6.07) is 11.3. The average Bonchev–Trinajstić information content (AvgIpc) is 3.00. The molecule has 32 heavy (non-hydrogen) atoms. The fraction of sp³-hybridized carbons (Fsp3) is 0.423. The van der Waals surface area contributed by atoms with Crippen LogP contribution in [0.4, 0.5) is 11.5 Å². The maximum absolute atomic E-state index is 13.3. The van der Waals surface area contributed by atoms with Gasteiger partial charge < -0.3 is 14.7 Å². The van der Waals surface area contributed by atoms with Crippen molar-refractivity contribution in [3.05, 3.63) is 48.3 Å². The van der Waals surface area contributed by atoms with Crippen LogP contribution in [0.5, 0.6) is 0 Å². The lowest BCUT2D eigenvalue weighted by atomic mass is 9.64. The van der Waals surface area contributed by atoms with E-state index in [0.717, 1.165) is 65.9 Å². The van der Waals surface area contributed by atoms with E-state index < -0.39 is 0 Å². The van der Waals surface area contributed by atoms with Crippen molar-refractivity contribution in [2.75, 3.05) is 43.5 Å². The molecule has 0 bridgehead atoms. The fourth-order valence-electron chi connectivity index (χ4n) is 5.56. The number of rotatable bonds is 4. The highest BCUT2D eigenvalue weighted by atomic mass is 16.2. The smallest absolute Gasteiger partial charge is 0.237 e. The molecular weight excluding hydrogens is 398 g/mol. The van der Waals surface area contributed by atoms with Crippen LogP contribution in [0.25, 0.3) is 22.0 Å². The second-order valence-electron chi connectivity index (χ2n) is 9.66. The van der Waals surface area contributed by atoms with Gasteiger partial charge in [-0.15, -0.1) is 0 Å². The monoisotopic (exact) mass is 427 g/mol. The van der Waals surface area contributed by atoms with E-state index >= 15 is 0 Å². The number of benzene rings is 1. The summed E-state index contributed by atoms with van der Waals surface area (Å²) < 4.78 is 0. The molecule has 6 rings (SSSR count). The Bertz CT molecular complexity index is 1210. The predicted molar refractivity (Wildman–Crippen MR) is 128 cm³/mol. The summed E-state index contributed by atoms with van der Waals surface area (Å²) in [7, 11) is 4.26. The molecular formula is C26H29N5O. The lowest BCUT2D eigenvalue weighted by molar-refractivity contribution is -0.125. The Morgan fingerprint density at radius 2 is 1.84 bits per heavy atom. The molecule has 3 aromatic rings. The Kier molecular flexibility index (Phi) is 4.31. The van der Waals surface area contributed by atoms with E-state index in [9.17, 15) is 4.79 Å². The molecule has 2 fully saturated rings. The van der Waals surface area contributed by atoms with Crippen LogP contribution in [0.3, 0.4) is 0 Å². The first-order chi connectivity index (χ1) is 15.5. The van der Waals surface area contributed by atoms with Gasteiger partial charge in [-0.1, -0.05) is 12.5 Å². The lowest BCUT2D eigenvalue weighted by Crippen LogP contribution is -2.57. The number of hydrogen-bond donors (Lipinski definition) is 0. The van der Waals surface area contributed by atoms with E-state index in [0.29, 0.717) is 12.6 Å². The third-order valence-corrected chi connectivity index (χ3v) is 7.79. The third-order valence-electron chi connectivity index (χ3n) is 7.79. The Morgan fingerprint density at radius 3 is 2.47 bits per heavy atom. The van der Waals surface area contributed by atoms with Gasteiger partial charge in [0.15, 0.2) is 0 Å². The highest BCUT2D eigenvalue weighted by Gasteiger charge is 2.55. The van der Waals surface area contributed by atoms with Gasteiger partial charge in [0.1, 0.15) is 5.82 Å². The summed E-state index contributed by atoms with van der Waals surface area (Å²) in [6.07, 6.45) is 6.87. The Labute approximate surface area is 188 Å². The van der Waals surface area contributed by atoms with Gasteiger partial charge in [0.05, 0.1) is 22.8 Å². The molecule has 0 radical (unpaired) electrons. The minimum absolute atomic E-state index is 0.262. The largest absolute Gasteiger partial charge is 0.353 e. The van der Waals surface area contributed by atoms with Crippen LogP contribution in [0.2, 0.25) is 0 Å². The molecule has 4 heterocycles. The zero-order valence-corrected chi connectivity index (χ0v) is 19.0. The van der Waals surface area contributed by atoms with Crippen LogP contribution in [-0.4, -0.2) is 60.5 Å². The van der Waals surface area contributed by atoms with Gasteiger partial charge >= 0.3 is 0 Å². The van der Waals surface area contributed by atoms with Gasteiger partial charge in [0.25, 0.3) is 0 Å². The first-order valence-electron chi connectivity index (χ1n) is 11.6. The Morgan fingerprint density at radius 1 is 1.06 bits per heavy atom. The topological polar surface area (TPSA) is 52.6 Å². The van der Waals surface area contributed by atoms with Crippen molar-refractivity contribution in [1.29, 1.82) is 0 Å². The molecule has 6 nitrogen and oxygen atoms in total. The standard InChI is InChI=1S/C26H29N5O/c1-4-31-22-14-27-21-8-6-17(12-20(21)24(22)26(25(31)32)10-5-11-26)18-7-9-23(28-13-18)30-15-19(16-30)29(2)3/h6-9,12-14,19H,4-5,10-11,15-16H2,1-3H3. The molecule has 1 saturated heterocycles. The van der Waals surface area contributed by atoms with Crippen LogP contribution < -0.4 is 9.80 Å². The van der Waals surface area contributed by atoms with E-state index in [2.05, 4.69) is 54.2 Å². The zero-order valence-electron chi connectivity index (χ0n) is 19.0. The van der Waals surface area contributed by atoms with Crippen LogP contribution in [-0.2, 0) is 10.2 Å². The molecule has 0 N–H and O–H groups in total. The van der Waals surface area contributed by atoms with E-state index in [1.807, 2.05) is 24.2 Å². The maximum Gasteiger partial charge on any atom is 0.237 e. The van der Waals surface area contributed by atoms with Crippen molar-refractivity contribution in [2.45, 2.75) is 37.6 Å². The minimum Gasteiger partial charge on any atom is -0.353 e. The summed E-state index contributed by atoms with van der Waals surface area (Å²) in [5.41, 5.74) is 5.04. The molecule has 2 aliphatic heterocycles. The average molecular weight is 428 g/mol. The van der Waals surface area contributed by atoms with Crippen LogP contribution in [0.1, 0.15) is 31.7 Å². The van der Waals surface area contributed by atoms with Gasteiger partial charge in [0.2, 0.25) is 5.91 Å². The van der Waals surface area contributed by atoms with Gasteiger partial charge in [-0.25, -0.2) is 4.98 Å². The van der Waals surface area contributed by atoms with Gasteiger partial charge in [-0.2, -0.15) is 0 Å². The van der Waals surface area contributed by atoms with Crippen molar-refractivity contribution in [2.24, 2.45) is 0 Å². The maximum atomic E-state index is 13.3. The number of likely N-dealkylation sites (N-methyl/N-ethyl adjacent to an activating group) is 2. The molecule has 3 aliphatic rings. The van der Waals surface area contributed by atoms with E-state index in [1.54, 1.807) is 0 Å². The van der Waals surface area contributed by atoms with E-state index in [-0.39, 0.29) is 11.3 Å². The molecule has 1 saturated carbocycles.